The second-order valence-electron chi connectivity index (χ2n) is 8.51. The SMILES string of the molecule is COc1nc(OC2CCC(C)(C(=O)O)CC2)ccc1NC(=O)c1nnc(Nc2ccc(F)c(Cl)c2)o1. The molecule has 3 aromatic rings. The smallest absolute Gasteiger partial charge is 0.320 e. The fourth-order valence-corrected chi connectivity index (χ4v) is 3.89. The number of benzene rings is 1. The van der Waals surface area contributed by atoms with E-state index >= 15 is 0 Å². The van der Waals surface area contributed by atoms with Gasteiger partial charge in [0.1, 0.15) is 17.6 Å². The van der Waals surface area contributed by atoms with Crippen molar-refractivity contribution in [3.8, 4) is 11.8 Å². The first-order valence-electron chi connectivity index (χ1n) is 11.0. The van der Waals surface area contributed by atoms with Gasteiger partial charge in [0.05, 0.1) is 17.5 Å². The molecule has 0 aliphatic heterocycles. The molecule has 2 heterocycles. The Balaban J connectivity index is 1.38. The Kier molecular flexibility index (Phi) is 7.25. The summed E-state index contributed by atoms with van der Waals surface area (Å²) < 4.78 is 29.8. The number of aromatic nitrogens is 3. The molecule has 0 bridgehead atoms. The molecule has 0 unspecified atom stereocenters. The summed E-state index contributed by atoms with van der Waals surface area (Å²) in [5.41, 5.74) is -0.103. The monoisotopic (exact) mass is 519 g/mol. The molecule has 3 N–H and O–H groups in total. The molecule has 1 aliphatic rings. The fourth-order valence-electron chi connectivity index (χ4n) is 3.71. The number of halogens is 2. The van der Waals surface area contributed by atoms with Crippen molar-refractivity contribution in [1.82, 2.24) is 15.2 Å². The molecule has 1 fully saturated rings. The van der Waals surface area contributed by atoms with Gasteiger partial charge in [-0.2, -0.15) is 4.98 Å². The zero-order chi connectivity index (χ0) is 25.9. The highest BCUT2D eigenvalue weighted by Crippen LogP contribution is 2.38. The highest BCUT2D eigenvalue weighted by atomic mass is 35.5. The zero-order valence-electron chi connectivity index (χ0n) is 19.4. The number of hydrogen-bond acceptors (Lipinski definition) is 9. The molecule has 0 spiro atoms. The number of amides is 1. The average molecular weight is 520 g/mol. The van der Waals surface area contributed by atoms with E-state index in [0.717, 1.165) is 0 Å². The van der Waals surface area contributed by atoms with Gasteiger partial charge >= 0.3 is 23.8 Å². The van der Waals surface area contributed by atoms with E-state index in [1.165, 1.54) is 25.3 Å². The Hall–Kier alpha value is -3.93. The number of anilines is 3. The molecule has 0 atom stereocenters. The van der Waals surface area contributed by atoms with Gasteiger partial charge in [0.25, 0.3) is 0 Å². The molecule has 2 aromatic heterocycles. The minimum absolute atomic E-state index is 0.0910. The third kappa shape index (κ3) is 5.65. The molecule has 11 nitrogen and oxygen atoms in total. The molecule has 0 radical (unpaired) electrons. The molecule has 1 saturated carbocycles. The van der Waals surface area contributed by atoms with Crippen molar-refractivity contribution in [2.45, 2.75) is 38.7 Å². The van der Waals surface area contributed by atoms with E-state index < -0.39 is 23.1 Å². The Morgan fingerprint density at radius 2 is 1.97 bits per heavy atom. The topological polar surface area (TPSA) is 149 Å². The number of carboxylic acid groups (broad SMARTS) is 1. The van der Waals surface area contributed by atoms with E-state index in [4.69, 9.17) is 25.5 Å². The molecule has 190 valence electrons. The first kappa shape index (κ1) is 25.2. The minimum Gasteiger partial charge on any atom is -0.481 e. The van der Waals surface area contributed by atoms with Crippen molar-refractivity contribution in [2.24, 2.45) is 5.41 Å². The van der Waals surface area contributed by atoms with Crippen LogP contribution in [-0.4, -0.2) is 45.4 Å². The summed E-state index contributed by atoms with van der Waals surface area (Å²) >= 11 is 5.75. The van der Waals surface area contributed by atoms with Gasteiger partial charge in [0.15, 0.2) is 0 Å². The summed E-state index contributed by atoms with van der Waals surface area (Å²) in [5.74, 6) is -2.03. The lowest BCUT2D eigenvalue weighted by Crippen LogP contribution is -2.36. The van der Waals surface area contributed by atoms with Crippen molar-refractivity contribution < 1.29 is 33.0 Å². The number of nitrogens with zero attached hydrogens (tertiary/aromatic N) is 3. The molecule has 1 aromatic carbocycles. The van der Waals surface area contributed by atoms with Crippen molar-refractivity contribution in [3.05, 3.63) is 47.1 Å². The standard InChI is InChI=1S/C23H23ClFN5O6/c1-23(21(32)33)9-7-13(8-10-23)35-17-6-5-16(19(28-17)34-2)27-18(31)20-29-30-22(36-20)26-12-3-4-15(25)14(24)11-12/h3-6,11,13H,7-10H2,1-2H3,(H,26,30)(H,27,31)(H,32,33). The maximum Gasteiger partial charge on any atom is 0.320 e. The number of carbonyl (C=O) groups is 2. The average Bonchev–Trinajstić information content (AvgIpc) is 3.32. The lowest BCUT2D eigenvalue weighted by atomic mass is 9.75. The lowest BCUT2D eigenvalue weighted by molar-refractivity contribution is -0.150. The molecule has 36 heavy (non-hydrogen) atoms. The van der Waals surface area contributed by atoms with E-state index in [2.05, 4.69) is 25.8 Å². The first-order chi connectivity index (χ1) is 17.2. The van der Waals surface area contributed by atoms with Crippen LogP contribution in [0.5, 0.6) is 11.8 Å². The van der Waals surface area contributed by atoms with Gasteiger partial charge in [0.2, 0.25) is 11.8 Å². The largest absolute Gasteiger partial charge is 0.481 e. The molecule has 1 amide bonds. The van der Waals surface area contributed by atoms with Crippen LogP contribution in [0.25, 0.3) is 0 Å². The van der Waals surface area contributed by atoms with Gasteiger partial charge in [-0.15, -0.1) is 5.10 Å². The van der Waals surface area contributed by atoms with Crippen molar-refractivity contribution in [2.75, 3.05) is 17.7 Å². The van der Waals surface area contributed by atoms with Crippen molar-refractivity contribution in [3.63, 3.8) is 0 Å². The quantitative estimate of drug-likeness (QED) is 0.383. The van der Waals surface area contributed by atoms with Gasteiger partial charge in [-0.1, -0.05) is 16.7 Å². The van der Waals surface area contributed by atoms with Crippen LogP contribution in [0, 0.1) is 11.2 Å². The van der Waals surface area contributed by atoms with Crippen LogP contribution < -0.4 is 20.1 Å². The highest BCUT2D eigenvalue weighted by molar-refractivity contribution is 6.31. The van der Waals surface area contributed by atoms with Gasteiger partial charge in [-0.3, -0.25) is 9.59 Å². The van der Waals surface area contributed by atoms with Gasteiger partial charge in [-0.25, -0.2) is 4.39 Å². The van der Waals surface area contributed by atoms with Gasteiger partial charge < -0.3 is 29.6 Å². The number of methoxy groups -OCH3 is 1. The molecular formula is C23H23ClFN5O6. The number of carbonyl (C=O) groups excluding carboxylic acids is 1. The summed E-state index contributed by atoms with van der Waals surface area (Å²) in [7, 11) is 1.39. The summed E-state index contributed by atoms with van der Waals surface area (Å²) in [6.45, 7) is 1.74. The van der Waals surface area contributed by atoms with E-state index in [1.54, 1.807) is 19.1 Å². The normalized spacial score (nSPS) is 19.4. The summed E-state index contributed by atoms with van der Waals surface area (Å²) in [6, 6.07) is 6.95. The molecule has 1 aliphatic carbocycles. The highest BCUT2D eigenvalue weighted by Gasteiger charge is 2.38. The number of rotatable bonds is 8. The van der Waals surface area contributed by atoms with Crippen LogP contribution in [0.15, 0.2) is 34.7 Å². The number of ether oxygens (including phenoxy) is 2. The maximum atomic E-state index is 13.3. The lowest BCUT2D eigenvalue weighted by Gasteiger charge is -2.33. The van der Waals surface area contributed by atoms with Crippen LogP contribution in [0.1, 0.15) is 43.3 Å². The second-order valence-corrected chi connectivity index (χ2v) is 8.92. The number of carboxylic acids is 1. The number of pyridine rings is 1. The Morgan fingerprint density at radius 3 is 2.64 bits per heavy atom. The van der Waals surface area contributed by atoms with Crippen molar-refractivity contribution >= 4 is 40.9 Å². The predicted molar refractivity (Wildman–Crippen MR) is 126 cm³/mol. The van der Waals surface area contributed by atoms with E-state index in [9.17, 15) is 19.1 Å². The summed E-state index contributed by atoms with van der Waals surface area (Å²) in [5, 5.41) is 22.0. The Bertz CT molecular complexity index is 1280. The van der Waals surface area contributed by atoms with Crippen molar-refractivity contribution in [1.29, 1.82) is 0 Å². The van der Waals surface area contributed by atoms with Gasteiger partial charge in [0, 0.05) is 11.8 Å². The number of aliphatic carboxylic acids is 1. The Labute approximate surface area is 210 Å². The molecule has 13 heteroatoms. The fraction of sp³-hybridized carbons (Fsp3) is 0.348. The van der Waals surface area contributed by atoms with E-state index in [0.29, 0.717) is 31.4 Å². The molecule has 4 rings (SSSR count). The molecular weight excluding hydrogens is 497 g/mol. The third-order valence-corrected chi connectivity index (χ3v) is 6.20. The summed E-state index contributed by atoms with van der Waals surface area (Å²) in [6.07, 6.45) is 2.02. The minimum atomic E-state index is -0.801. The maximum absolute atomic E-state index is 13.3. The predicted octanol–water partition coefficient (Wildman–Crippen LogP) is 4.67. The van der Waals surface area contributed by atoms with Crippen LogP contribution in [0.3, 0.4) is 0 Å². The van der Waals surface area contributed by atoms with Gasteiger partial charge in [-0.05, 0) is 56.9 Å². The van der Waals surface area contributed by atoms with Crippen LogP contribution in [0.2, 0.25) is 5.02 Å². The van der Waals surface area contributed by atoms with Crippen LogP contribution in [-0.2, 0) is 4.79 Å². The first-order valence-corrected chi connectivity index (χ1v) is 11.4. The Morgan fingerprint density at radius 1 is 1.22 bits per heavy atom. The van der Waals surface area contributed by atoms with Crippen LogP contribution >= 0.6 is 11.6 Å². The zero-order valence-corrected chi connectivity index (χ0v) is 20.1. The third-order valence-electron chi connectivity index (χ3n) is 5.91. The summed E-state index contributed by atoms with van der Waals surface area (Å²) in [4.78, 5) is 28.3. The van der Waals surface area contributed by atoms with Crippen LogP contribution in [0.4, 0.5) is 21.8 Å². The van der Waals surface area contributed by atoms with E-state index in [-0.39, 0.29) is 40.5 Å². The van der Waals surface area contributed by atoms with E-state index in [1.807, 2.05) is 0 Å². The number of hydrogen-bond donors (Lipinski definition) is 3. The number of nitrogens with one attached hydrogen (secondary N) is 2. The second kappa shape index (κ2) is 10.4. The molecule has 0 saturated heterocycles.